The lowest BCUT2D eigenvalue weighted by molar-refractivity contribution is -0.120. The van der Waals surface area contributed by atoms with E-state index in [9.17, 15) is 4.79 Å². The molecule has 0 spiro atoms. The molecule has 0 radical (unpaired) electrons. The summed E-state index contributed by atoms with van der Waals surface area (Å²) in [7, 11) is 0. The Bertz CT molecular complexity index is 345. The SMILES string of the molecule is CC(C)(C)NC(=O)CNc1nc(Br)cs1. The van der Waals surface area contributed by atoms with Gasteiger partial charge in [0.25, 0.3) is 0 Å². The van der Waals surface area contributed by atoms with Crippen LogP contribution < -0.4 is 10.6 Å². The second-order valence-electron chi connectivity index (χ2n) is 4.13. The molecule has 15 heavy (non-hydrogen) atoms. The van der Waals surface area contributed by atoms with Crippen LogP contribution in [0, 0.1) is 0 Å². The second-order valence-corrected chi connectivity index (χ2v) is 5.80. The van der Waals surface area contributed by atoms with Crippen LogP contribution in [0.1, 0.15) is 20.8 Å². The van der Waals surface area contributed by atoms with Crippen LogP contribution in [0.5, 0.6) is 0 Å². The van der Waals surface area contributed by atoms with E-state index in [2.05, 4.69) is 31.5 Å². The molecule has 0 saturated heterocycles. The summed E-state index contributed by atoms with van der Waals surface area (Å²) < 4.78 is 0.784. The van der Waals surface area contributed by atoms with Gasteiger partial charge in [0, 0.05) is 10.9 Å². The van der Waals surface area contributed by atoms with E-state index in [0.29, 0.717) is 0 Å². The third-order valence-corrected chi connectivity index (χ3v) is 2.90. The molecular weight excluding hydrogens is 278 g/mol. The van der Waals surface area contributed by atoms with Gasteiger partial charge in [-0.05, 0) is 36.7 Å². The van der Waals surface area contributed by atoms with Crippen molar-refractivity contribution in [2.75, 3.05) is 11.9 Å². The van der Waals surface area contributed by atoms with Crippen molar-refractivity contribution in [2.24, 2.45) is 0 Å². The molecule has 0 aliphatic heterocycles. The predicted octanol–water partition coefficient (Wildman–Crippen LogP) is 2.23. The Balaban J connectivity index is 2.35. The summed E-state index contributed by atoms with van der Waals surface area (Å²) >= 11 is 4.71. The molecule has 0 atom stereocenters. The van der Waals surface area contributed by atoms with Crippen molar-refractivity contribution in [3.63, 3.8) is 0 Å². The fourth-order valence-electron chi connectivity index (χ4n) is 0.954. The number of hydrogen-bond donors (Lipinski definition) is 2. The first-order valence-corrected chi connectivity index (χ1v) is 6.20. The topological polar surface area (TPSA) is 54.0 Å². The van der Waals surface area contributed by atoms with Gasteiger partial charge in [0.15, 0.2) is 5.13 Å². The van der Waals surface area contributed by atoms with Gasteiger partial charge in [0.2, 0.25) is 5.91 Å². The minimum absolute atomic E-state index is 0.0335. The van der Waals surface area contributed by atoms with Crippen molar-refractivity contribution < 1.29 is 4.79 Å². The molecule has 0 unspecified atom stereocenters. The van der Waals surface area contributed by atoms with Crippen molar-refractivity contribution in [1.82, 2.24) is 10.3 Å². The average molecular weight is 292 g/mol. The van der Waals surface area contributed by atoms with Gasteiger partial charge >= 0.3 is 0 Å². The van der Waals surface area contributed by atoms with Gasteiger partial charge in [-0.2, -0.15) is 0 Å². The van der Waals surface area contributed by atoms with Gasteiger partial charge in [-0.25, -0.2) is 4.98 Å². The molecule has 84 valence electrons. The minimum atomic E-state index is -0.192. The zero-order chi connectivity index (χ0) is 11.5. The van der Waals surface area contributed by atoms with Crippen molar-refractivity contribution in [1.29, 1.82) is 0 Å². The van der Waals surface area contributed by atoms with Crippen LogP contribution in [0.2, 0.25) is 0 Å². The number of carbonyl (C=O) groups is 1. The zero-order valence-corrected chi connectivity index (χ0v) is 11.3. The Morgan fingerprint density at radius 2 is 2.27 bits per heavy atom. The first-order chi connectivity index (χ1) is 6.87. The average Bonchev–Trinajstić information content (AvgIpc) is 2.45. The number of aromatic nitrogens is 1. The molecule has 0 aromatic carbocycles. The van der Waals surface area contributed by atoms with E-state index in [1.54, 1.807) is 0 Å². The van der Waals surface area contributed by atoms with Crippen LogP contribution in [-0.4, -0.2) is 23.0 Å². The van der Waals surface area contributed by atoms with Crippen molar-refractivity contribution in [3.05, 3.63) is 9.98 Å². The molecule has 0 aliphatic carbocycles. The number of anilines is 1. The lowest BCUT2D eigenvalue weighted by Crippen LogP contribution is -2.43. The van der Waals surface area contributed by atoms with Gasteiger partial charge in [-0.15, -0.1) is 11.3 Å². The van der Waals surface area contributed by atoms with Gasteiger partial charge in [0.1, 0.15) is 4.60 Å². The molecule has 4 nitrogen and oxygen atoms in total. The lowest BCUT2D eigenvalue weighted by Gasteiger charge is -2.20. The summed E-state index contributed by atoms with van der Waals surface area (Å²) in [5.74, 6) is -0.0335. The van der Waals surface area contributed by atoms with Gasteiger partial charge in [0.05, 0.1) is 6.54 Å². The van der Waals surface area contributed by atoms with Crippen LogP contribution in [0.4, 0.5) is 5.13 Å². The minimum Gasteiger partial charge on any atom is -0.352 e. The number of halogens is 1. The summed E-state index contributed by atoms with van der Waals surface area (Å²) in [4.78, 5) is 15.6. The van der Waals surface area contributed by atoms with Gasteiger partial charge in [-0.3, -0.25) is 4.79 Å². The first-order valence-electron chi connectivity index (χ1n) is 4.53. The Morgan fingerprint density at radius 3 is 2.73 bits per heavy atom. The number of hydrogen-bond acceptors (Lipinski definition) is 4. The number of nitrogens with zero attached hydrogens (tertiary/aromatic N) is 1. The predicted molar refractivity (Wildman–Crippen MR) is 66.2 cm³/mol. The lowest BCUT2D eigenvalue weighted by atomic mass is 10.1. The fourth-order valence-corrected chi connectivity index (χ4v) is 2.10. The number of carbonyl (C=O) groups excluding carboxylic acids is 1. The van der Waals surface area contributed by atoms with E-state index in [0.717, 1.165) is 9.73 Å². The first kappa shape index (κ1) is 12.4. The summed E-state index contributed by atoms with van der Waals surface area (Å²) in [5.41, 5.74) is -0.192. The van der Waals surface area contributed by atoms with Crippen molar-refractivity contribution in [2.45, 2.75) is 26.3 Å². The van der Waals surface area contributed by atoms with E-state index in [1.807, 2.05) is 26.2 Å². The maximum atomic E-state index is 11.4. The third kappa shape index (κ3) is 5.13. The van der Waals surface area contributed by atoms with Crippen molar-refractivity contribution >= 4 is 38.3 Å². The molecular formula is C9H14BrN3OS. The Kier molecular flexibility index (Phi) is 4.10. The maximum absolute atomic E-state index is 11.4. The monoisotopic (exact) mass is 291 g/mol. The van der Waals surface area contributed by atoms with Crippen LogP contribution >= 0.6 is 27.3 Å². The van der Waals surface area contributed by atoms with E-state index < -0.39 is 0 Å². The van der Waals surface area contributed by atoms with E-state index >= 15 is 0 Å². The molecule has 1 rings (SSSR count). The number of amides is 1. The number of rotatable bonds is 3. The highest BCUT2D eigenvalue weighted by Gasteiger charge is 2.13. The summed E-state index contributed by atoms with van der Waals surface area (Å²) in [6, 6.07) is 0. The van der Waals surface area contributed by atoms with Gasteiger partial charge < -0.3 is 10.6 Å². The largest absolute Gasteiger partial charge is 0.352 e. The van der Waals surface area contributed by atoms with Crippen LogP contribution in [-0.2, 0) is 4.79 Å². The Labute approximate surface area is 102 Å². The molecule has 6 heteroatoms. The highest BCUT2D eigenvalue weighted by Crippen LogP contribution is 2.18. The maximum Gasteiger partial charge on any atom is 0.239 e. The fraction of sp³-hybridized carbons (Fsp3) is 0.556. The molecule has 0 saturated carbocycles. The highest BCUT2D eigenvalue weighted by atomic mass is 79.9. The van der Waals surface area contributed by atoms with Crippen LogP contribution in [0.3, 0.4) is 0 Å². The summed E-state index contributed by atoms with van der Waals surface area (Å²) in [6.45, 7) is 6.10. The Hall–Kier alpha value is -0.620. The molecule has 1 aromatic heterocycles. The normalized spacial score (nSPS) is 11.2. The number of thiazole rings is 1. The van der Waals surface area contributed by atoms with Crippen LogP contribution in [0.25, 0.3) is 0 Å². The van der Waals surface area contributed by atoms with E-state index in [4.69, 9.17) is 0 Å². The Morgan fingerprint density at radius 1 is 1.60 bits per heavy atom. The van der Waals surface area contributed by atoms with Crippen molar-refractivity contribution in [3.8, 4) is 0 Å². The van der Waals surface area contributed by atoms with E-state index in [1.165, 1.54) is 11.3 Å². The number of nitrogens with one attached hydrogen (secondary N) is 2. The molecule has 0 aliphatic rings. The summed E-state index contributed by atoms with van der Waals surface area (Å²) in [6.07, 6.45) is 0. The molecule has 0 fully saturated rings. The standard InChI is InChI=1S/C9H14BrN3OS/c1-9(2,3)13-7(14)4-11-8-12-6(10)5-15-8/h5H,4H2,1-3H3,(H,11,12)(H,13,14). The smallest absolute Gasteiger partial charge is 0.239 e. The quantitative estimate of drug-likeness (QED) is 0.898. The third-order valence-electron chi connectivity index (χ3n) is 1.39. The molecule has 2 N–H and O–H groups in total. The zero-order valence-electron chi connectivity index (χ0n) is 8.93. The molecule has 1 heterocycles. The molecule has 0 bridgehead atoms. The highest BCUT2D eigenvalue weighted by molar-refractivity contribution is 9.10. The molecule has 1 aromatic rings. The summed E-state index contributed by atoms with van der Waals surface area (Å²) in [5, 5.41) is 8.42. The van der Waals surface area contributed by atoms with E-state index in [-0.39, 0.29) is 18.0 Å². The van der Waals surface area contributed by atoms with Crippen LogP contribution in [0.15, 0.2) is 9.98 Å². The van der Waals surface area contributed by atoms with Gasteiger partial charge in [-0.1, -0.05) is 0 Å². The molecule has 1 amide bonds. The second kappa shape index (κ2) is 4.94.